The van der Waals surface area contributed by atoms with Crippen LogP contribution < -0.4 is 10.6 Å². The Labute approximate surface area is 161 Å². The molecule has 3 rings (SSSR count). The number of thioether (sulfide) groups is 1. The van der Waals surface area contributed by atoms with Crippen LogP contribution in [0.2, 0.25) is 0 Å². The van der Waals surface area contributed by atoms with Gasteiger partial charge in [-0.05, 0) is 44.6 Å². The Morgan fingerprint density at radius 3 is 2.92 bits per heavy atom. The van der Waals surface area contributed by atoms with Crippen molar-refractivity contribution in [2.45, 2.75) is 51.1 Å². The van der Waals surface area contributed by atoms with Crippen LogP contribution >= 0.6 is 23.1 Å². The molecule has 1 atom stereocenters. The van der Waals surface area contributed by atoms with E-state index in [4.69, 9.17) is 0 Å². The summed E-state index contributed by atoms with van der Waals surface area (Å²) in [6.45, 7) is 6.06. The van der Waals surface area contributed by atoms with Crippen molar-refractivity contribution < 1.29 is 9.59 Å². The van der Waals surface area contributed by atoms with E-state index in [9.17, 15) is 9.59 Å². The average Bonchev–Trinajstić information content (AvgIpc) is 2.95. The molecular formula is C18H24N4O2S2. The predicted molar refractivity (Wildman–Crippen MR) is 106 cm³/mol. The van der Waals surface area contributed by atoms with Gasteiger partial charge in [-0.25, -0.2) is 9.97 Å². The molecule has 0 spiro atoms. The molecule has 0 aliphatic heterocycles. The smallest absolute Gasteiger partial charge is 0.239 e. The fourth-order valence-corrected chi connectivity index (χ4v) is 5.36. The summed E-state index contributed by atoms with van der Waals surface area (Å²) in [5.74, 6) is 0.604. The van der Waals surface area contributed by atoms with Crippen molar-refractivity contribution in [1.82, 2.24) is 20.6 Å². The van der Waals surface area contributed by atoms with E-state index in [0.717, 1.165) is 28.1 Å². The van der Waals surface area contributed by atoms with Gasteiger partial charge in [0.1, 0.15) is 16.2 Å². The van der Waals surface area contributed by atoms with Gasteiger partial charge >= 0.3 is 0 Å². The Morgan fingerprint density at radius 1 is 1.35 bits per heavy atom. The highest BCUT2D eigenvalue weighted by molar-refractivity contribution is 8.00. The van der Waals surface area contributed by atoms with E-state index in [2.05, 4.69) is 27.5 Å². The molecule has 0 saturated heterocycles. The Balaban J connectivity index is 1.64. The van der Waals surface area contributed by atoms with Gasteiger partial charge in [0.25, 0.3) is 0 Å². The van der Waals surface area contributed by atoms with Gasteiger partial charge < -0.3 is 10.6 Å². The van der Waals surface area contributed by atoms with Crippen LogP contribution in [-0.2, 0) is 22.4 Å². The highest BCUT2D eigenvalue weighted by atomic mass is 32.2. The number of amides is 2. The lowest BCUT2D eigenvalue weighted by atomic mass is 9.89. The molecule has 8 heteroatoms. The third kappa shape index (κ3) is 4.54. The minimum atomic E-state index is -0.177. The summed E-state index contributed by atoms with van der Waals surface area (Å²) in [6.07, 6.45) is 4.91. The summed E-state index contributed by atoms with van der Waals surface area (Å²) in [7, 11) is 0. The molecule has 0 radical (unpaired) electrons. The van der Waals surface area contributed by atoms with Gasteiger partial charge in [-0.3, -0.25) is 9.59 Å². The lowest BCUT2D eigenvalue weighted by molar-refractivity contribution is -0.125. The standard InChI is InChI=1S/C18H24N4O2S2/c1-10(2)22-14(23)7-19-15(24)8-25-17-16-12-5-4-11(3)6-13(12)26-18(16)21-9-20-17/h9-11H,4-8H2,1-3H3,(H,19,24)(H,22,23)/t11-/m0/s1. The van der Waals surface area contributed by atoms with Crippen LogP contribution in [0.5, 0.6) is 0 Å². The Hall–Kier alpha value is -1.67. The van der Waals surface area contributed by atoms with Crippen molar-refractivity contribution in [3.63, 3.8) is 0 Å². The average molecular weight is 393 g/mol. The van der Waals surface area contributed by atoms with E-state index in [1.54, 1.807) is 17.7 Å². The third-order valence-electron chi connectivity index (χ3n) is 4.29. The van der Waals surface area contributed by atoms with Crippen molar-refractivity contribution in [2.24, 2.45) is 5.92 Å². The van der Waals surface area contributed by atoms with E-state index in [1.165, 1.54) is 28.6 Å². The van der Waals surface area contributed by atoms with Gasteiger partial charge in [-0.1, -0.05) is 18.7 Å². The van der Waals surface area contributed by atoms with Crippen LogP contribution in [0.4, 0.5) is 0 Å². The zero-order chi connectivity index (χ0) is 18.7. The van der Waals surface area contributed by atoms with Crippen molar-refractivity contribution in [2.75, 3.05) is 12.3 Å². The number of carbonyl (C=O) groups is 2. The molecule has 1 aliphatic rings. The molecule has 26 heavy (non-hydrogen) atoms. The lowest BCUT2D eigenvalue weighted by Crippen LogP contribution is -2.40. The Morgan fingerprint density at radius 2 is 2.15 bits per heavy atom. The fourth-order valence-electron chi connectivity index (χ4n) is 3.09. The molecule has 2 N–H and O–H groups in total. The third-order valence-corrected chi connectivity index (χ3v) is 6.44. The summed E-state index contributed by atoms with van der Waals surface area (Å²) < 4.78 is 0. The molecule has 2 aromatic rings. The molecule has 0 aromatic carbocycles. The number of aryl methyl sites for hydroxylation is 1. The van der Waals surface area contributed by atoms with Gasteiger partial charge in [0.05, 0.1) is 12.3 Å². The van der Waals surface area contributed by atoms with Crippen LogP contribution in [0.25, 0.3) is 10.2 Å². The van der Waals surface area contributed by atoms with Crippen molar-refractivity contribution in [1.29, 1.82) is 0 Å². The van der Waals surface area contributed by atoms with E-state index < -0.39 is 0 Å². The molecule has 0 saturated carbocycles. The summed E-state index contributed by atoms with van der Waals surface area (Å²) in [5.41, 5.74) is 1.36. The van der Waals surface area contributed by atoms with Crippen LogP contribution in [0.1, 0.15) is 37.6 Å². The number of hydrogen-bond donors (Lipinski definition) is 2. The predicted octanol–water partition coefficient (Wildman–Crippen LogP) is 2.55. The van der Waals surface area contributed by atoms with Crippen molar-refractivity contribution >= 4 is 45.1 Å². The molecule has 6 nitrogen and oxygen atoms in total. The maximum absolute atomic E-state index is 12.1. The number of fused-ring (bicyclic) bond motifs is 3. The van der Waals surface area contributed by atoms with Gasteiger partial charge in [-0.15, -0.1) is 11.3 Å². The highest BCUT2D eigenvalue weighted by Crippen LogP contribution is 2.40. The summed E-state index contributed by atoms with van der Waals surface area (Å²) in [6, 6.07) is 0.0653. The first-order valence-corrected chi connectivity index (χ1v) is 10.7. The molecule has 0 bridgehead atoms. The molecule has 2 aromatic heterocycles. The summed E-state index contributed by atoms with van der Waals surface area (Å²) in [4.78, 5) is 34.9. The lowest BCUT2D eigenvalue weighted by Gasteiger charge is -2.18. The SMILES string of the molecule is CC(C)NC(=O)CNC(=O)CSc1ncnc2sc3c(c12)CC[C@H](C)C3. The molecule has 0 unspecified atom stereocenters. The second kappa shape index (κ2) is 8.35. The monoisotopic (exact) mass is 392 g/mol. The van der Waals surface area contributed by atoms with Gasteiger partial charge in [0, 0.05) is 16.3 Å². The molecular weight excluding hydrogens is 368 g/mol. The van der Waals surface area contributed by atoms with Gasteiger partial charge in [-0.2, -0.15) is 0 Å². The van der Waals surface area contributed by atoms with Crippen LogP contribution in [0.3, 0.4) is 0 Å². The number of nitrogens with one attached hydrogen (secondary N) is 2. The number of rotatable bonds is 6. The summed E-state index contributed by atoms with van der Waals surface area (Å²) in [5, 5.41) is 7.39. The van der Waals surface area contributed by atoms with E-state index >= 15 is 0 Å². The molecule has 2 amide bonds. The van der Waals surface area contributed by atoms with Crippen LogP contribution in [-0.4, -0.2) is 40.1 Å². The molecule has 0 fully saturated rings. The van der Waals surface area contributed by atoms with Gasteiger partial charge in [0.15, 0.2) is 0 Å². The number of hydrogen-bond acceptors (Lipinski definition) is 6. The van der Waals surface area contributed by atoms with Gasteiger partial charge in [0.2, 0.25) is 11.8 Å². The topological polar surface area (TPSA) is 84.0 Å². The number of carbonyl (C=O) groups excluding carboxylic acids is 2. The largest absolute Gasteiger partial charge is 0.352 e. The number of nitrogens with zero attached hydrogens (tertiary/aromatic N) is 2. The van der Waals surface area contributed by atoms with Crippen LogP contribution in [0.15, 0.2) is 11.4 Å². The maximum atomic E-state index is 12.1. The maximum Gasteiger partial charge on any atom is 0.239 e. The first kappa shape index (κ1) is 19.1. The normalized spacial score (nSPS) is 16.5. The zero-order valence-corrected chi connectivity index (χ0v) is 16.9. The van der Waals surface area contributed by atoms with Crippen LogP contribution in [0, 0.1) is 5.92 Å². The van der Waals surface area contributed by atoms with E-state index in [-0.39, 0.29) is 30.2 Å². The Bertz CT molecular complexity index is 819. The zero-order valence-electron chi connectivity index (χ0n) is 15.3. The fraction of sp³-hybridized carbons (Fsp3) is 0.556. The minimum Gasteiger partial charge on any atom is -0.352 e. The molecule has 140 valence electrons. The first-order valence-electron chi connectivity index (χ1n) is 8.88. The quantitative estimate of drug-likeness (QED) is 0.583. The Kier molecular flexibility index (Phi) is 6.13. The van der Waals surface area contributed by atoms with Crippen molar-refractivity contribution in [3.05, 3.63) is 16.8 Å². The van der Waals surface area contributed by atoms with E-state index in [1.807, 2.05) is 13.8 Å². The molecule has 2 heterocycles. The number of thiophene rings is 1. The second-order valence-electron chi connectivity index (χ2n) is 7.00. The first-order chi connectivity index (χ1) is 12.4. The van der Waals surface area contributed by atoms with E-state index in [0.29, 0.717) is 5.92 Å². The second-order valence-corrected chi connectivity index (χ2v) is 9.05. The highest BCUT2D eigenvalue weighted by Gasteiger charge is 2.23. The molecule has 1 aliphatic carbocycles. The number of aromatic nitrogens is 2. The minimum absolute atomic E-state index is 0.00248. The summed E-state index contributed by atoms with van der Waals surface area (Å²) >= 11 is 3.17. The van der Waals surface area contributed by atoms with Crippen molar-refractivity contribution in [3.8, 4) is 0 Å².